The minimum atomic E-state index is -4.74. The molecule has 10 heteroatoms. The highest BCUT2D eigenvalue weighted by atomic mass is 19.4. The predicted octanol–water partition coefficient (Wildman–Crippen LogP) is 4.31. The minimum absolute atomic E-state index is 0.0916. The Morgan fingerprint density at radius 2 is 1.88 bits per heavy atom. The first kappa shape index (κ1) is 21.8. The van der Waals surface area contributed by atoms with E-state index in [1.54, 1.807) is 25.1 Å². The fraction of sp³-hybridized carbons (Fsp3) is 0.273. The molecule has 0 fully saturated rings. The number of fused-ring (bicyclic) bond motifs is 1. The zero-order chi connectivity index (χ0) is 23.0. The number of aryl methyl sites for hydroxylation is 2. The normalized spacial score (nSPS) is 14.5. The molecule has 6 nitrogen and oxygen atoms in total. The van der Waals surface area contributed by atoms with Crippen LogP contribution in [0.15, 0.2) is 42.5 Å². The second-order valence-corrected chi connectivity index (χ2v) is 7.43. The van der Waals surface area contributed by atoms with Crippen LogP contribution in [0, 0.1) is 12.7 Å². The predicted molar refractivity (Wildman–Crippen MR) is 109 cm³/mol. The molecule has 1 aliphatic rings. The lowest BCUT2D eigenvalue weighted by molar-refractivity contribution is -0.206. The summed E-state index contributed by atoms with van der Waals surface area (Å²) in [4.78, 5) is 11.7. The van der Waals surface area contributed by atoms with Crippen molar-refractivity contribution in [2.75, 3.05) is 11.9 Å². The molecule has 0 spiro atoms. The summed E-state index contributed by atoms with van der Waals surface area (Å²) in [5, 5.41) is 16.5. The number of amides is 1. The number of carbonyl (C=O) groups is 1. The molecule has 0 aliphatic carbocycles. The second kappa shape index (κ2) is 8.27. The number of hydrogen-bond donors (Lipinski definition) is 2. The maximum atomic E-state index is 13.5. The van der Waals surface area contributed by atoms with Crippen molar-refractivity contribution in [3.05, 3.63) is 54.0 Å². The van der Waals surface area contributed by atoms with Crippen molar-refractivity contribution in [1.29, 1.82) is 0 Å². The van der Waals surface area contributed by atoms with Crippen LogP contribution in [0.3, 0.4) is 0 Å². The van der Waals surface area contributed by atoms with Crippen molar-refractivity contribution in [3.63, 3.8) is 0 Å². The zero-order valence-electron chi connectivity index (χ0n) is 16.9. The molecule has 2 aromatic carbocycles. The number of aliphatic hydroxyl groups excluding tert-OH is 1. The first-order chi connectivity index (χ1) is 15.1. The maximum absolute atomic E-state index is 13.5. The van der Waals surface area contributed by atoms with Gasteiger partial charge in [0.25, 0.3) is 5.91 Å². The molecular formula is C22H19F4N3O3. The Hall–Kier alpha value is -3.40. The van der Waals surface area contributed by atoms with Gasteiger partial charge in [-0.25, -0.2) is 4.39 Å². The van der Waals surface area contributed by atoms with Crippen LogP contribution in [0.1, 0.15) is 12.1 Å². The molecule has 1 aromatic heterocycles. The first-order valence-electron chi connectivity index (χ1n) is 9.78. The Morgan fingerprint density at radius 1 is 1.19 bits per heavy atom. The van der Waals surface area contributed by atoms with Gasteiger partial charge in [-0.3, -0.25) is 9.48 Å². The van der Waals surface area contributed by atoms with Gasteiger partial charge in [0.15, 0.2) is 12.7 Å². The summed E-state index contributed by atoms with van der Waals surface area (Å²) in [7, 11) is 0. The van der Waals surface area contributed by atoms with E-state index in [1.807, 2.05) is 0 Å². The highest BCUT2D eigenvalue weighted by Gasteiger charge is 2.38. The van der Waals surface area contributed by atoms with Crippen LogP contribution in [0.2, 0.25) is 0 Å². The second-order valence-electron chi connectivity index (χ2n) is 7.43. The summed E-state index contributed by atoms with van der Waals surface area (Å²) in [5.41, 5.74) is 3.26. The number of ether oxygens (including phenoxy) is 1. The lowest BCUT2D eigenvalue weighted by Gasteiger charge is -2.19. The van der Waals surface area contributed by atoms with Crippen LogP contribution in [0.25, 0.3) is 22.4 Å². The molecule has 2 N–H and O–H groups in total. The molecule has 32 heavy (non-hydrogen) atoms. The van der Waals surface area contributed by atoms with Gasteiger partial charge in [-0.2, -0.15) is 18.3 Å². The van der Waals surface area contributed by atoms with Crippen LogP contribution in [0.4, 0.5) is 23.2 Å². The van der Waals surface area contributed by atoms with Gasteiger partial charge in [0, 0.05) is 24.1 Å². The molecule has 0 bridgehead atoms. The average molecular weight is 449 g/mol. The third-order valence-corrected chi connectivity index (χ3v) is 5.14. The average Bonchev–Trinajstić information content (AvgIpc) is 3.07. The van der Waals surface area contributed by atoms with Crippen molar-refractivity contribution in [2.45, 2.75) is 32.2 Å². The lowest BCUT2D eigenvalue weighted by Crippen LogP contribution is -2.29. The summed E-state index contributed by atoms with van der Waals surface area (Å²) in [6.07, 6.45) is -7.82. The van der Waals surface area contributed by atoms with Crippen molar-refractivity contribution in [1.82, 2.24) is 9.78 Å². The fourth-order valence-corrected chi connectivity index (χ4v) is 3.64. The van der Waals surface area contributed by atoms with Gasteiger partial charge in [-0.1, -0.05) is 6.07 Å². The summed E-state index contributed by atoms with van der Waals surface area (Å²) < 4.78 is 58.6. The molecule has 3 aromatic rings. The van der Waals surface area contributed by atoms with Crippen LogP contribution < -0.4 is 10.1 Å². The summed E-state index contributed by atoms with van der Waals surface area (Å²) >= 11 is 0. The molecule has 0 radical (unpaired) electrons. The Balaban J connectivity index is 1.80. The van der Waals surface area contributed by atoms with Crippen LogP contribution in [-0.4, -0.2) is 39.7 Å². The van der Waals surface area contributed by atoms with E-state index >= 15 is 0 Å². The summed E-state index contributed by atoms with van der Waals surface area (Å²) in [6, 6.07) is 10.6. The number of rotatable bonds is 5. The number of benzene rings is 2. The van der Waals surface area contributed by atoms with Gasteiger partial charge in [-0.15, -0.1) is 0 Å². The quantitative estimate of drug-likeness (QED) is 0.570. The Kier molecular flexibility index (Phi) is 5.64. The number of hydrogen-bond acceptors (Lipinski definition) is 4. The molecule has 0 saturated heterocycles. The topological polar surface area (TPSA) is 76.4 Å². The van der Waals surface area contributed by atoms with Gasteiger partial charge < -0.3 is 15.2 Å². The standard InChI is InChI=1S/C22H19F4N3O3/c1-12-20(14-4-7-17-16(10-14)27-19(31)11-32-17)21(13-2-5-15(23)6-3-13)29(28-12)9-8-18(30)22(24,25)26/h2-7,10,18,30H,8-9,11H2,1H3,(H,27,31). The zero-order valence-corrected chi connectivity index (χ0v) is 16.9. The maximum Gasteiger partial charge on any atom is 0.414 e. The van der Waals surface area contributed by atoms with Crippen LogP contribution in [0.5, 0.6) is 5.75 Å². The van der Waals surface area contributed by atoms with Gasteiger partial charge in [0.2, 0.25) is 0 Å². The van der Waals surface area contributed by atoms with Crippen LogP contribution in [-0.2, 0) is 11.3 Å². The highest BCUT2D eigenvalue weighted by molar-refractivity contribution is 5.97. The molecule has 1 unspecified atom stereocenters. The number of nitrogens with one attached hydrogen (secondary N) is 1. The van der Waals surface area contributed by atoms with E-state index in [4.69, 9.17) is 4.74 Å². The monoisotopic (exact) mass is 449 g/mol. The van der Waals surface area contributed by atoms with E-state index in [0.717, 1.165) is 0 Å². The SMILES string of the molecule is Cc1nn(CCC(O)C(F)(F)F)c(-c2ccc(F)cc2)c1-c1ccc2c(c1)NC(=O)CO2. The number of aliphatic hydroxyl groups is 1. The van der Waals surface area contributed by atoms with Gasteiger partial charge >= 0.3 is 6.18 Å². The molecule has 168 valence electrons. The fourth-order valence-electron chi connectivity index (χ4n) is 3.64. The molecule has 4 rings (SSSR count). The van der Waals surface area contributed by atoms with E-state index in [1.165, 1.54) is 28.9 Å². The van der Waals surface area contributed by atoms with Gasteiger partial charge in [0.05, 0.1) is 17.1 Å². The number of anilines is 1. The number of aromatic nitrogens is 2. The van der Waals surface area contributed by atoms with E-state index in [9.17, 15) is 27.5 Å². The number of nitrogens with zero attached hydrogens (tertiary/aromatic N) is 2. The molecule has 1 amide bonds. The van der Waals surface area contributed by atoms with Crippen LogP contribution >= 0.6 is 0 Å². The smallest absolute Gasteiger partial charge is 0.414 e. The molecule has 1 atom stereocenters. The Labute approximate surface area is 180 Å². The number of halogens is 4. The number of alkyl halides is 3. The minimum Gasteiger partial charge on any atom is -0.482 e. The van der Waals surface area contributed by atoms with E-state index in [-0.39, 0.29) is 19.1 Å². The largest absolute Gasteiger partial charge is 0.482 e. The Morgan fingerprint density at radius 3 is 2.56 bits per heavy atom. The van der Waals surface area contributed by atoms with Gasteiger partial charge in [0.1, 0.15) is 11.6 Å². The van der Waals surface area contributed by atoms with E-state index in [2.05, 4.69) is 10.4 Å². The number of carbonyl (C=O) groups excluding carboxylic acids is 1. The highest BCUT2D eigenvalue weighted by Crippen LogP contribution is 2.39. The van der Waals surface area contributed by atoms with Crippen molar-refractivity contribution in [2.24, 2.45) is 0 Å². The van der Waals surface area contributed by atoms with Crippen molar-refractivity contribution in [3.8, 4) is 28.1 Å². The third-order valence-electron chi connectivity index (χ3n) is 5.14. The van der Waals surface area contributed by atoms with E-state index in [0.29, 0.717) is 39.5 Å². The molecule has 0 saturated carbocycles. The van der Waals surface area contributed by atoms with E-state index < -0.39 is 24.5 Å². The van der Waals surface area contributed by atoms with Crippen molar-refractivity contribution < 1.29 is 32.2 Å². The third kappa shape index (κ3) is 4.31. The Bertz CT molecular complexity index is 1160. The first-order valence-corrected chi connectivity index (χ1v) is 9.78. The molecule has 2 heterocycles. The lowest BCUT2D eigenvalue weighted by atomic mass is 9.98. The summed E-state index contributed by atoms with van der Waals surface area (Å²) in [5.74, 6) is -0.267. The van der Waals surface area contributed by atoms with Crippen molar-refractivity contribution >= 4 is 11.6 Å². The summed E-state index contributed by atoms with van der Waals surface area (Å²) in [6.45, 7) is 1.40. The molecule has 1 aliphatic heterocycles. The van der Waals surface area contributed by atoms with Gasteiger partial charge in [-0.05, 0) is 48.9 Å². The molecular weight excluding hydrogens is 430 g/mol.